The summed E-state index contributed by atoms with van der Waals surface area (Å²) in [5, 5.41) is 2.71. The number of nitrogens with one attached hydrogen (secondary N) is 1. The van der Waals surface area contributed by atoms with E-state index < -0.39 is 11.5 Å². The summed E-state index contributed by atoms with van der Waals surface area (Å²) in [6.45, 7) is 0. The molecule has 0 spiro atoms. The number of hydrogen-bond acceptors (Lipinski definition) is 4. The maximum atomic E-state index is 10.9. The minimum Gasteiger partial charge on any atom is -0.464 e. The molecule has 1 unspecified atom stereocenters. The van der Waals surface area contributed by atoms with Crippen molar-refractivity contribution in [3.63, 3.8) is 0 Å². The van der Waals surface area contributed by atoms with Gasteiger partial charge in [-0.2, -0.15) is 0 Å². The number of ether oxygens (including phenoxy) is 1. The van der Waals surface area contributed by atoms with Crippen molar-refractivity contribution in [1.82, 2.24) is 5.32 Å². The first-order chi connectivity index (χ1) is 5.65. The van der Waals surface area contributed by atoms with Crippen molar-refractivity contribution in [2.24, 2.45) is 4.99 Å². The normalized spacial score (nSPS) is 22.1. The molecule has 1 rings (SSSR count). The molecule has 0 bridgehead atoms. The molecule has 1 aliphatic heterocycles. The predicted molar refractivity (Wildman–Crippen MR) is 46.2 cm³/mol. The number of alkyl halides is 1. The molecule has 0 aliphatic carbocycles. The van der Waals surface area contributed by atoms with E-state index in [1.54, 1.807) is 0 Å². The molecule has 1 N–H and O–H groups in total. The number of esters is 1. The molecule has 0 saturated carbocycles. The second-order valence-electron chi connectivity index (χ2n) is 1.98. The van der Waals surface area contributed by atoms with E-state index in [1.807, 2.05) is 0 Å². The Bertz CT molecular complexity index is 262. The lowest BCUT2D eigenvalue weighted by Gasteiger charge is -2.13. The van der Waals surface area contributed by atoms with Crippen molar-refractivity contribution >= 4 is 35.4 Å². The van der Waals surface area contributed by atoms with E-state index in [9.17, 15) is 4.79 Å². The molecule has 0 saturated heterocycles. The Morgan fingerprint density at radius 2 is 2.50 bits per heavy atom. The molecule has 4 nitrogen and oxygen atoms in total. The van der Waals surface area contributed by atoms with Crippen molar-refractivity contribution in [2.75, 3.05) is 7.11 Å². The maximum absolute atomic E-state index is 10.9. The predicted octanol–water partition coefficient (Wildman–Crippen LogP) is 0.806. The first-order valence-electron chi connectivity index (χ1n) is 3.08. The average molecular weight is 209 g/mol. The third-order valence-electron chi connectivity index (χ3n) is 1.19. The highest BCUT2D eigenvalue weighted by Crippen LogP contribution is 2.14. The Labute approximate surface area is 79.2 Å². The number of rotatable bonds is 1. The number of nitrogens with zero attached hydrogens (tertiary/aromatic N) is 1. The molecule has 1 aliphatic rings. The second-order valence-corrected chi connectivity index (χ2v) is 2.83. The molecule has 66 valence electrons. The summed E-state index contributed by atoms with van der Waals surface area (Å²) in [4.78, 5) is 14.6. The monoisotopic (exact) mass is 208 g/mol. The molecule has 12 heavy (non-hydrogen) atoms. The number of aliphatic imine (C=N–C) groups is 1. The van der Waals surface area contributed by atoms with Gasteiger partial charge >= 0.3 is 5.97 Å². The van der Waals surface area contributed by atoms with Crippen LogP contribution in [0.25, 0.3) is 0 Å². The van der Waals surface area contributed by atoms with E-state index >= 15 is 0 Å². The number of halogens is 2. The van der Waals surface area contributed by atoms with Gasteiger partial charge in [-0.15, -0.1) is 0 Å². The van der Waals surface area contributed by atoms with Crippen LogP contribution < -0.4 is 5.32 Å². The van der Waals surface area contributed by atoms with Crippen molar-refractivity contribution in [3.05, 3.63) is 10.9 Å². The fourth-order valence-electron chi connectivity index (χ4n) is 0.662. The second kappa shape index (κ2) is 3.78. The molecule has 1 atom stereocenters. The number of carbonyl (C=O) groups excluding carboxylic acids is 1. The van der Waals surface area contributed by atoms with Crippen LogP contribution in [-0.2, 0) is 9.53 Å². The van der Waals surface area contributed by atoms with Gasteiger partial charge in [0.05, 0.1) is 7.11 Å². The summed E-state index contributed by atoms with van der Waals surface area (Å²) < 4.78 is 4.42. The fraction of sp³-hybridized carbons (Fsp3) is 0.333. The van der Waals surface area contributed by atoms with Gasteiger partial charge in [-0.3, -0.25) is 0 Å². The topological polar surface area (TPSA) is 50.7 Å². The SMILES string of the molecule is COC(=O)C1=C(Cl)NC(Cl)C=N1. The molecule has 0 aromatic heterocycles. The molecular formula is C6H6Cl2N2O2. The highest BCUT2D eigenvalue weighted by Gasteiger charge is 2.19. The van der Waals surface area contributed by atoms with Crippen LogP contribution in [0.4, 0.5) is 0 Å². The molecule has 0 amide bonds. The van der Waals surface area contributed by atoms with E-state index in [0.29, 0.717) is 0 Å². The van der Waals surface area contributed by atoms with Gasteiger partial charge in [-0.25, -0.2) is 9.79 Å². The van der Waals surface area contributed by atoms with Crippen molar-refractivity contribution in [1.29, 1.82) is 0 Å². The largest absolute Gasteiger partial charge is 0.464 e. The lowest BCUT2D eigenvalue weighted by atomic mass is 10.4. The number of carbonyl (C=O) groups is 1. The zero-order valence-electron chi connectivity index (χ0n) is 6.17. The smallest absolute Gasteiger partial charge is 0.359 e. The van der Waals surface area contributed by atoms with Gasteiger partial charge in [0.25, 0.3) is 0 Å². The van der Waals surface area contributed by atoms with E-state index in [2.05, 4.69) is 15.0 Å². The highest BCUT2D eigenvalue weighted by atomic mass is 35.5. The summed E-state index contributed by atoms with van der Waals surface area (Å²) >= 11 is 11.2. The first kappa shape index (κ1) is 9.35. The quantitative estimate of drug-likeness (QED) is 0.395. The van der Waals surface area contributed by atoms with Gasteiger partial charge in [0.1, 0.15) is 10.7 Å². The van der Waals surface area contributed by atoms with Crippen LogP contribution >= 0.6 is 23.2 Å². The third kappa shape index (κ3) is 1.89. The van der Waals surface area contributed by atoms with Crippen LogP contribution in [0.3, 0.4) is 0 Å². The minimum absolute atomic E-state index is 0.0380. The maximum Gasteiger partial charge on any atom is 0.359 e. The zero-order valence-corrected chi connectivity index (χ0v) is 7.69. The Hall–Kier alpha value is -0.740. The Kier molecular flexibility index (Phi) is 2.94. The zero-order chi connectivity index (χ0) is 9.14. The van der Waals surface area contributed by atoms with Crippen LogP contribution in [0.2, 0.25) is 0 Å². The Morgan fingerprint density at radius 3 is 3.00 bits per heavy atom. The molecule has 1 heterocycles. The van der Waals surface area contributed by atoms with Crippen molar-refractivity contribution in [2.45, 2.75) is 5.50 Å². The summed E-state index contributed by atoms with van der Waals surface area (Å²) in [6, 6.07) is 0. The molecule has 0 radical (unpaired) electrons. The highest BCUT2D eigenvalue weighted by molar-refractivity contribution is 6.34. The molecule has 0 aromatic rings. The Morgan fingerprint density at radius 1 is 1.83 bits per heavy atom. The molecular weight excluding hydrogens is 203 g/mol. The lowest BCUT2D eigenvalue weighted by Crippen LogP contribution is -2.28. The summed E-state index contributed by atoms with van der Waals surface area (Å²) in [7, 11) is 1.25. The van der Waals surface area contributed by atoms with Crippen molar-refractivity contribution < 1.29 is 9.53 Å². The number of hydrogen-bond donors (Lipinski definition) is 1. The van der Waals surface area contributed by atoms with E-state index in [-0.39, 0.29) is 10.9 Å². The van der Waals surface area contributed by atoms with E-state index in [1.165, 1.54) is 13.3 Å². The molecule has 6 heteroatoms. The fourth-order valence-corrected chi connectivity index (χ4v) is 1.13. The van der Waals surface area contributed by atoms with Gasteiger partial charge in [0.15, 0.2) is 5.70 Å². The van der Waals surface area contributed by atoms with Crippen LogP contribution in [-0.4, -0.2) is 24.8 Å². The molecule has 0 aromatic carbocycles. The third-order valence-corrected chi connectivity index (χ3v) is 1.70. The average Bonchev–Trinajstić information content (AvgIpc) is 2.03. The van der Waals surface area contributed by atoms with Crippen molar-refractivity contribution in [3.8, 4) is 0 Å². The summed E-state index contributed by atoms with van der Waals surface area (Å²) in [5.41, 5.74) is -0.443. The van der Waals surface area contributed by atoms with Gasteiger partial charge in [-0.1, -0.05) is 23.2 Å². The van der Waals surface area contributed by atoms with Gasteiger partial charge < -0.3 is 10.1 Å². The van der Waals surface area contributed by atoms with Gasteiger partial charge in [0.2, 0.25) is 0 Å². The first-order valence-corrected chi connectivity index (χ1v) is 3.89. The minimum atomic E-state index is -0.590. The van der Waals surface area contributed by atoms with Crippen LogP contribution in [0.15, 0.2) is 15.8 Å². The lowest BCUT2D eigenvalue weighted by molar-refractivity contribution is -0.136. The standard InChI is InChI=1S/C6H6Cl2N2O2/c1-12-6(11)4-5(8)10-3(7)2-9-4/h2-3,10H,1H3. The number of methoxy groups -OCH3 is 1. The molecule has 0 fully saturated rings. The van der Waals surface area contributed by atoms with E-state index in [4.69, 9.17) is 23.2 Å². The summed E-state index contributed by atoms with van der Waals surface area (Å²) in [6.07, 6.45) is 1.36. The van der Waals surface area contributed by atoms with Crippen LogP contribution in [0, 0.1) is 0 Å². The Balaban J connectivity index is 2.84. The van der Waals surface area contributed by atoms with Crippen LogP contribution in [0.1, 0.15) is 0 Å². The van der Waals surface area contributed by atoms with Crippen LogP contribution in [0.5, 0.6) is 0 Å². The van der Waals surface area contributed by atoms with Gasteiger partial charge in [0, 0.05) is 6.21 Å². The van der Waals surface area contributed by atoms with Gasteiger partial charge in [-0.05, 0) is 0 Å². The van der Waals surface area contributed by atoms with E-state index in [0.717, 1.165) is 0 Å². The summed E-state index contributed by atoms with van der Waals surface area (Å²) in [5.74, 6) is -0.590.